The van der Waals surface area contributed by atoms with Gasteiger partial charge in [-0.2, -0.15) is 0 Å². The molecule has 0 radical (unpaired) electrons. The third-order valence-electron chi connectivity index (χ3n) is 5.02. The Labute approximate surface area is 195 Å². The molecule has 162 valence electrons. The number of Topliss-reactive ketones (excluding diaryl/α,β-unsaturated/α-hetero) is 1. The summed E-state index contributed by atoms with van der Waals surface area (Å²) in [6.45, 7) is 4.93. The van der Waals surface area contributed by atoms with Crippen molar-refractivity contribution < 1.29 is 14.0 Å². The smallest absolute Gasteiger partial charge is 0.229 e. The first-order chi connectivity index (χ1) is 15.3. The van der Waals surface area contributed by atoms with Gasteiger partial charge in [-0.05, 0) is 29.8 Å². The number of carbonyl (C=O) groups is 2. The Balaban J connectivity index is 2.07. The zero-order chi connectivity index (χ0) is 23.0. The number of nitrogens with zero attached hydrogens (tertiary/aromatic N) is 1. The van der Waals surface area contributed by atoms with Crippen LogP contribution in [-0.2, 0) is 4.79 Å². The predicted molar refractivity (Wildman–Crippen MR) is 128 cm³/mol. The summed E-state index contributed by atoms with van der Waals surface area (Å²) in [6, 6.07) is 16.6. The lowest BCUT2D eigenvalue weighted by Crippen LogP contribution is -2.12. The van der Waals surface area contributed by atoms with E-state index in [1.54, 1.807) is 32.0 Å². The second kappa shape index (κ2) is 8.77. The standard InChI is InChI=1S/C25H20Cl2N2O3/c1-13(2)23(31)24-22(28-14(3)30)19-12-18(15-8-10-16(26)11-9-15)21(29-25(19)32-24)17-6-4-5-7-20(17)27/h4-13H,1-3H3,(H,28,30). The van der Waals surface area contributed by atoms with Gasteiger partial charge in [0.2, 0.25) is 17.4 Å². The zero-order valence-corrected chi connectivity index (χ0v) is 19.2. The molecule has 0 atom stereocenters. The molecule has 0 fully saturated rings. The number of halogens is 2. The van der Waals surface area contributed by atoms with Gasteiger partial charge in [-0.15, -0.1) is 0 Å². The summed E-state index contributed by atoms with van der Waals surface area (Å²) in [6.07, 6.45) is 0. The van der Waals surface area contributed by atoms with E-state index in [1.165, 1.54) is 6.92 Å². The fourth-order valence-corrected chi connectivity index (χ4v) is 3.82. The first-order valence-corrected chi connectivity index (χ1v) is 10.8. The molecule has 2 heterocycles. The molecule has 0 aliphatic heterocycles. The Bertz CT molecular complexity index is 1340. The van der Waals surface area contributed by atoms with Crippen LogP contribution in [-0.4, -0.2) is 16.7 Å². The van der Waals surface area contributed by atoms with Crippen molar-refractivity contribution in [1.82, 2.24) is 4.98 Å². The van der Waals surface area contributed by atoms with Crippen LogP contribution >= 0.6 is 23.2 Å². The van der Waals surface area contributed by atoms with Crippen LogP contribution < -0.4 is 5.32 Å². The van der Waals surface area contributed by atoms with Crippen LogP contribution in [0.5, 0.6) is 0 Å². The summed E-state index contributed by atoms with van der Waals surface area (Å²) < 4.78 is 5.90. The van der Waals surface area contributed by atoms with Gasteiger partial charge in [0.25, 0.3) is 0 Å². The predicted octanol–water partition coefficient (Wildman–Crippen LogP) is 7.27. The van der Waals surface area contributed by atoms with Crippen molar-refractivity contribution in [3.05, 3.63) is 70.4 Å². The first-order valence-electron chi connectivity index (χ1n) is 10.1. The van der Waals surface area contributed by atoms with Gasteiger partial charge >= 0.3 is 0 Å². The Morgan fingerprint density at radius 1 is 1.00 bits per heavy atom. The maximum atomic E-state index is 12.8. The van der Waals surface area contributed by atoms with E-state index in [0.717, 1.165) is 16.7 Å². The van der Waals surface area contributed by atoms with Gasteiger partial charge in [-0.3, -0.25) is 9.59 Å². The van der Waals surface area contributed by atoms with Crippen molar-refractivity contribution >= 4 is 51.7 Å². The summed E-state index contributed by atoms with van der Waals surface area (Å²) in [4.78, 5) is 29.5. The molecule has 0 bridgehead atoms. The quantitative estimate of drug-likeness (QED) is 0.314. The van der Waals surface area contributed by atoms with Crippen LogP contribution in [0, 0.1) is 5.92 Å². The van der Waals surface area contributed by atoms with Gasteiger partial charge < -0.3 is 9.73 Å². The number of ketones is 1. The number of pyridine rings is 1. The van der Waals surface area contributed by atoms with Gasteiger partial charge in [0, 0.05) is 34.0 Å². The average molecular weight is 467 g/mol. The Morgan fingerprint density at radius 3 is 2.31 bits per heavy atom. The van der Waals surface area contributed by atoms with E-state index in [4.69, 9.17) is 32.6 Å². The molecule has 0 saturated carbocycles. The molecule has 0 unspecified atom stereocenters. The molecule has 4 aromatic rings. The highest BCUT2D eigenvalue weighted by Gasteiger charge is 2.26. The minimum atomic E-state index is -0.318. The number of nitrogens with one attached hydrogen (secondary N) is 1. The molecule has 1 amide bonds. The Morgan fingerprint density at radius 2 is 1.69 bits per heavy atom. The number of carbonyl (C=O) groups excluding carboxylic acids is 2. The summed E-state index contributed by atoms with van der Waals surface area (Å²) in [5.74, 6) is -0.772. The molecular weight excluding hydrogens is 447 g/mol. The number of furan rings is 1. The molecule has 2 aromatic carbocycles. The summed E-state index contributed by atoms with van der Waals surface area (Å²) in [5, 5.41) is 4.42. The number of aromatic nitrogens is 1. The molecule has 1 N–H and O–H groups in total. The molecule has 7 heteroatoms. The van der Waals surface area contributed by atoms with Crippen molar-refractivity contribution in [3.8, 4) is 22.4 Å². The lowest BCUT2D eigenvalue weighted by atomic mass is 9.97. The molecule has 32 heavy (non-hydrogen) atoms. The van der Waals surface area contributed by atoms with Gasteiger partial charge in [0.1, 0.15) is 5.69 Å². The van der Waals surface area contributed by atoms with Crippen molar-refractivity contribution in [3.63, 3.8) is 0 Å². The molecule has 0 aliphatic rings. The van der Waals surface area contributed by atoms with E-state index >= 15 is 0 Å². The number of benzene rings is 2. The summed E-state index contributed by atoms with van der Waals surface area (Å²) in [5.41, 5.74) is 3.49. The van der Waals surface area contributed by atoms with Crippen molar-refractivity contribution in [1.29, 1.82) is 0 Å². The highest BCUT2D eigenvalue weighted by atomic mass is 35.5. The monoisotopic (exact) mass is 466 g/mol. The number of anilines is 1. The summed E-state index contributed by atoms with van der Waals surface area (Å²) >= 11 is 12.6. The van der Waals surface area contributed by atoms with Crippen LogP contribution in [0.2, 0.25) is 10.0 Å². The van der Waals surface area contributed by atoms with E-state index in [0.29, 0.717) is 26.8 Å². The number of hydrogen-bond donors (Lipinski definition) is 1. The molecule has 0 saturated heterocycles. The largest absolute Gasteiger partial charge is 0.432 e. The van der Waals surface area contributed by atoms with Gasteiger partial charge in [-0.25, -0.2) is 4.98 Å². The summed E-state index contributed by atoms with van der Waals surface area (Å²) in [7, 11) is 0. The van der Waals surface area contributed by atoms with Crippen LogP contribution in [0.15, 0.2) is 59.0 Å². The van der Waals surface area contributed by atoms with E-state index in [9.17, 15) is 9.59 Å². The molecule has 5 nitrogen and oxygen atoms in total. The van der Waals surface area contributed by atoms with E-state index in [1.807, 2.05) is 36.4 Å². The second-order valence-corrected chi connectivity index (χ2v) is 8.57. The highest BCUT2D eigenvalue weighted by molar-refractivity contribution is 6.33. The third kappa shape index (κ3) is 4.14. The second-order valence-electron chi connectivity index (χ2n) is 7.73. The topological polar surface area (TPSA) is 72.2 Å². The van der Waals surface area contributed by atoms with Crippen LogP contribution in [0.25, 0.3) is 33.5 Å². The number of rotatable bonds is 5. The average Bonchev–Trinajstić information content (AvgIpc) is 3.10. The highest BCUT2D eigenvalue weighted by Crippen LogP contribution is 2.40. The lowest BCUT2D eigenvalue weighted by Gasteiger charge is -2.11. The van der Waals surface area contributed by atoms with E-state index in [2.05, 4.69) is 5.32 Å². The number of fused-ring (bicyclic) bond motifs is 1. The molecule has 0 aliphatic carbocycles. The van der Waals surface area contributed by atoms with Gasteiger partial charge in [0.15, 0.2) is 5.76 Å². The van der Waals surface area contributed by atoms with Crippen LogP contribution in [0.3, 0.4) is 0 Å². The molecule has 2 aromatic heterocycles. The maximum Gasteiger partial charge on any atom is 0.229 e. The molecule has 0 spiro atoms. The van der Waals surface area contributed by atoms with Crippen LogP contribution in [0.4, 0.5) is 5.69 Å². The minimum absolute atomic E-state index is 0.0797. The van der Waals surface area contributed by atoms with Crippen LogP contribution in [0.1, 0.15) is 31.3 Å². The third-order valence-corrected chi connectivity index (χ3v) is 5.60. The van der Waals surface area contributed by atoms with Crippen molar-refractivity contribution in [2.24, 2.45) is 5.92 Å². The number of amides is 1. The molecule has 4 rings (SSSR count). The minimum Gasteiger partial charge on any atom is -0.432 e. The Kier molecular flexibility index (Phi) is 6.04. The first kappa shape index (κ1) is 22.1. The fourth-order valence-electron chi connectivity index (χ4n) is 3.47. The van der Waals surface area contributed by atoms with E-state index in [-0.39, 0.29) is 29.1 Å². The SMILES string of the molecule is CC(=O)Nc1c(C(=O)C(C)C)oc2nc(-c3ccccc3Cl)c(-c3ccc(Cl)cc3)cc12. The Hall–Kier alpha value is -3.15. The van der Waals surface area contributed by atoms with Crippen molar-refractivity contribution in [2.75, 3.05) is 5.32 Å². The van der Waals surface area contributed by atoms with E-state index < -0.39 is 0 Å². The fraction of sp³-hybridized carbons (Fsp3) is 0.160. The van der Waals surface area contributed by atoms with Gasteiger partial charge in [-0.1, -0.05) is 67.4 Å². The number of hydrogen-bond acceptors (Lipinski definition) is 4. The van der Waals surface area contributed by atoms with Gasteiger partial charge in [0.05, 0.1) is 11.1 Å². The van der Waals surface area contributed by atoms with Crippen molar-refractivity contribution in [2.45, 2.75) is 20.8 Å². The normalized spacial score (nSPS) is 11.2. The zero-order valence-electron chi connectivity index (χ0n) is 17.7. The maximum absolute atomic E-state index is 12.8. The molecular formula is C25H20Cl2N2O3. The lowest BCUT2D eigenvalue weighted by molar-refractivity contribution is -0.114.